The van der Waals surface area contributed by atoms with Crippen LogP contribution in [0.15, 0.2) is 36.4 Å². The Labute approximate surface area is 146 Å². The van der Waals surface area contributed by atoms with Crippen LogP contribution in [0.2, 0.25) is 0 Å². The largest absolute Gasteiger partial charge is 0.480 e. The third-order valence-corrected chi connectivity index (χ3v) is 4.46. The predicted octanol–water partition coefficient (Wildman–Crippen LogP) is 3.73. The molecule has 1 aromatic carbocycles. The second-order valence-electron chi connectivity index (χ2n) is 5.53. The summed E-state index contributed by atoms with van der Waals surface area (Å²) < 4.78 is 37.8. The zero-order valence-electron chi connectivity index (χ0n) is 13.3. The number of halogens is 3. The number of aliphatic carboxylic acids is 1. The molecule has 0 atom stereocenters. The van der Waals surface area contributed by atoms with Gasteiger partial charge in [0.1, 0.15) is 6.54 Å². The number of nitrogens with zero attached hydrogens (tertiary/aromatic N) is 1. The number of amides is 1. The second kappa shape index (κ2) is 7.69. The minimum Gasteiger partial charge on any atom is -0.480 e. The molecular formula is C17H16F3NO3S. The average molecular weight is 371 g/mol. The maximum absolute atomic E-state index is 12.6. The molecule has 0 saturated heterocycles. The number of hydrogen-bond acceptors (Lipinski definition) is 3. The van der Waals surface area contributed by atoms with E-state index in [4.69, 9.17) is 5.11 Å². The molecule has 2 rings (SSSR count). The van der Waals surface area contributed by atoms with Crippen molar-refractivity contribution in [2.45, 2.75) is 26.1 Å². The van der Waals surface area contributed by atoms with Gasteiger partial charge in [0.2, 0.25) is 5.91 Å². The fraction of sp³-hybridized carbons (Fsp3) is 0.294. The van der Waals surface area contributed by atoms with Crippen LogP contribution in [0, 0.1) is 6.92 Å². The first-order valence-electron chi connectivity index (χ1n) is 7.36. The fourth-order valence-corrected chi connectivity index (χ4v) is 3.14. The van der Waals surface area contributed by atoms with Crippen molar-refractivity contribution in [2.24, 2.45) is 0 Å². The number of carbonyl (C=O) groups is 2. The Balaban J connectivity index is 2.11. The Morgan fingerprint density at radius 2 is 1.76 bits per heavy atom. The first-order chi connectivity index (χ1) is 11.6. The summed E-state index contributed by atoms with van der Waals surface area (Å²) in [6.07, 6.45) is -4.38. The van der Waals surface area contributed by atoms with Gasteiger partial charge >= 0.3 is 12.1 Å². The highest BCUT2D eigenvalue weighted by molar-refractivity contribution is 7.12. The Morgan fingerprint density at radius 3 is 2.24 bits per heavy atom. The van der Waals surface area contributed by atoms with Crippen molar-refractivity contribution < 1.29 is 27.9 Å². The zero-order valence-corrected chi connectivity index (χ0v) is 14.2. The van der Waals surface area contributed by atoms with Crippen molar-refractivity contribution in [3.8, 4) is 0 Å². The molecule has 0 aliphatic carbocycles. The van der Waals surface area contributed by atoms with Crippen molar-refractivity contribution in [3.05, 3.63) is 57.3 Å². The molecule has 0 spiro atoms. The van der Waals surface area contributed by atoms with Crippen LogP contribution in [-0.4, -0.2) is 28.4 Å². The SMILES string of the molecule is Cc1ccc(CC(=O)N(CC(=O)O)Cc2ccc(C(F)(F)F)cc2)s1. The number of hydrogen-bond donors (Lipinski definition) is 1. The lowest BCUT2D eigenvalue weighted by atomic mass is 10.1. The van der Waals surface area contributed by atoms with Crippen LogP contribution in [-0.2, 0) is 28.7 Å². The normalized spacial score (nSPS) is 11.4. The molecule has 1 aromatic heterocycles. The highest BCUT2D eigenvalue weighted by atomic mass is 32.1. The van der Waals surface area contributed by atoms with Crippen LogP contribution < -0.4 is 0 Å². The molecule has 0 radical (unpaired) electrons. The van der Waals surface area contributed by atoms with E-state index in [2.05, 4.69) is 0 Å². The summed E-state index contributed by atoms with van der Waals surface area (Å²) in [7, 11) is 0. The fourth-order valence-electron chi connectivity index (χ4n) is 2.26. The number of alkyl halides is 3. The summed E-state index contributed by atoms with van der Waals surface area (Å²) in [5, 5.41) is 8.99. The van der Waals surface area contributed by atoms with Crippen LogP contribution >= 0.6 is 11.3 Å². The molecule has 4 nitrogen and oxygen atoms in total. The molecule has 0 unspecified atom stereocenters. The van der Waals surface area contributed by atoms with E-state index in [0.717, 1.165) is 26.8 Å². The molecular weight excluding hydrogens is 355 g/mol. The summed E-state index contributed by atoms with van der Waals surface area (Å²) in [5.41, 5.74) is -0.355. The molecule has 0 saturated carbocycles. The topological polar surface area (TPSA) is 57.6 Å². The van der Waals surface area contributed by atoms with Gasteiger partial charge in [-0.1, -0.05) is 12.1 Å². The van der Waals surface area contributed by atoms with Gasteiger partial charge in [-0.3, -0.25) is 9.59 Å². The van der Waals surface area contributed by atoms with Crippen molar-refractivity contribution >= 4 is 23.2 Å². The molecule has 1 amide bonds. The number of carboxylic acid groups (broad SMARTS) is 1. The van der Waals surface area contributed by atoms with E-state index in [-0.39, 0.29) is 18.9 Å². The Bertz CT molecular complexity index is 753. The van der Waals surface area contributed by atoms with Gasteiger partial charge in [0.05, 0.1) is 12.0 Å². The average Bonchev–Trinajstić information content (AvgIpc) is 2.91. The third kappa shape index (κ3) is 5.60. The number of benzene rings is 1. The predicted molar refractivity (Wildman–Crippen MR) is 87.3 cm³/mol. The molecule has 0 bridgehead atoms. The minimum atomic E-state index is -4.44. The van der Waals surface area contributed by atoms with E-state index in [0.29, 0.717) is 5.56 Å². The van der Waals surface area contributed by atoms with E-state index in [1.54, 1.807) is 6.07 Å². The number of rotatable bonds is 6. The van der Waals surface area contributed by atoms with Crippen molar-refractivity contribution in [1.82, 2.24) is 4.90 Å². The molecule has 134 valence electrons. The van der Waals surface area contributed by atoms with E-state index < -0.39 is 24.3 Å². The lowest BCUT2D eigenvalue weighted by Gasteiger charge is -2.21. The van der Waals surface area contributed by atoms with E-state index in [1.165, 1.54) is 23.5 Å². The van der Waals surface area contributed by atoms with Gasteiger partial charge in [0, 0.05) is 16.3 Å². The molecule has 1 heterocycles. The van der Waals surface area contributed by atoms with Crippen LogP contribution in [0.5, 0.6) is 0 Å². The van der Waals surface area contributed by atoms with Gasteiger partial charge in [-0.25, -0.2) is 0 Å². The third-order valence-electron chi connectivity index (χ3n) is 3.45. The summed E-state index contributed by atoms with van der Waals surface area (Å²) in [5.74, 6) is -1.56. The van der Waals surface area contributed by atoms with Crippen molar-refractivity contribution in [1.29, 1.82) is 0 Å². The summed E-state index contributed by atoms with van der Waals surface area (Å²) in [6.45, 7) is 1.33. The molecule has 0 aliphatic rings. The minimum absolute atomic E-state index is 0.0619. The number of thiophene rings is 1. The molecule has 1 N–H and O–H groups in total. The van der Waals surface area contributed by atoms with Gasteiger partial charge in [0.15, 0.2) is 0 Å². The maximum Gasteiger partial charge on any atom is 0.416 e. The molecule has 2 aromatic rings. The maximum atomic E-state index is 12.6. The lowest BCUT2D eigenvalue weighted by Crippen LogP contribution is -2.36. The first kappa shape index (κ1) is 19.0. The standard InChI is InChI=1S/C17H16F3NO3S/c1-11-2-7-14(25-11)8-15(22)21(10-16(23)24)9-12-3-5-13(6-4-12)17(18,19)20/h2-7H,8-10H2,1H3,(H,23,24). The zero-order chi connectivity index (χ0) is 18.6. The van der Waals surface area contributed by atoms with Crippen molar-refractivity contribution in [3.63, 3.8) is 0 Å². The number of carboxylic acids is 1. The van der Waals surface area contributed by atoms with Gasteiger partial charge in [-0.2, -0.15) is 13.2 Å². The van der Waals surface area contributed by atoms with Crippen LogP contribution in [0.25, 0.3) is 0 Å². The monoisotopic (exact) mass is 371 g/mol. The quantitative estimate of drug-likeness (QED) is 0.842. The first-order valence-corrected chi connectivity index (χ1v) is 8.18. The van der Waals surface area contributed by atoms with Crippen LogP contribution in [0.3, 0.4) is 0 Å². The highest BCUT2D eigenvalue weighted by Gasteiger charge is 2.30. The van der Waals surface area contributed by atoms with Gasteiger partial charge < -0.3 is 10.0 Å². The van der Waals surface area contributed by atoms with E-state index in [9.17, 15) is 22.8 Å². The van der Waals surface area contributed by atoms with Gasteiger partial charge in [-0.05, 0) is 36.8 Å². The molecule has 25 heavy (non-hydrogen) atoms. The number of aryl methyl sites for hydroxylation is 1. The van der Waals surface area contributed by atoms with Gasteiger partial charge in [0.25, 0.3) is 0 Å². The summed E-state index contributed by atoms with van der Waals surface area (Å²) >= 11 is 1.44. The summed E-state index contributed by atoms with van der Waals surface area (Å²) in [6, 6.07) is 8.00. The molecule has 0 aliphatic heterocycles. The van der Waals surface area contributed by atoms with E-state index in [1.807, 2.05) is 13.0 Å². The number of carbonyl (C=O) groups excluding carboxylic acids is 1. The Kier molecular flexibility index (Phi) is 5.84. The van der Waals surface area contributed by atoms with E-state index >= 15 is 0 Å². The van der Waals surface area contributed by atoms with Crippen LogP contribution in [0.1, 0.15) is 20.9 Å². The van der Waals surface area contributed by atoms with Crippen LogP contribution in [0.4, 0.5) is 13.2 Å². The Hall–Kier alpha value is -2.35. The van der Waals surface area contributed by atoms with Gasteiger partial charge in [-0.15, -0.1) is 11.3 Å². The smallest absolute Gasteiger partial charge is 0.416 e. The molecule has 8 heteroatoms. The summed E-state index contributed by atoms with van der Waals surface area (Å²) in [4.78, 5) is 26.4. The van der Waals surface area contributed by atoms with Crippen molar-refractivity contribution in [2.75, 3.05) is 6.54 Å². The molecule has 0 fully saturated rings. The lowest BCUT2D eigenvalue weighted by molar-refractivity contribution is -0.144. The second-order valence-corrected chi connectivity index (χ2v) is 6.90. The Morgan fingerprint density at radius 1 is 1.12 bits per heavy atom. The highest BCUT2D eigenvalue weighted by Crippen LogP contribution is 2.29.